The summed E-state index contributed by atoms with van der Waals surface area (Å²) in [5.41, 5.74) is 1.20. The van der Waals surface area contributed by atoms with Crippen molar-refractivity contribution in [3.63, 3.8) is 0 Å². The van der Waals surface area contributed by atoms with E-state index in [0.29, 0.717) is 33.8 Å². The SMILES string of the molecule is CCn1c(SCC(=O)Nc2ccc(Br)c(Cl)c2)nnc1[C@H](C)NC(=O)c1ccccc1. The number of aromatic nitrogens is 3. The Hall–Kier alpha value is -2.36. The lowest BCUT2D eigenvalue weighted by atomic mass is 10.2. The smallest absolute Gasteiger partial charge is 0.251 e. The van der Waals surface area contributed by atoms with Crippen LogP contribution in [-0.2, 0) is 11.3 Å². The Kier molecular flexibility index (Phi) is 8.11. The molecule has 0 saturated carbocycles. The zero-order valence-electron chi connectivity index (χ0n) is 16.9. The number of anilines is 1. The normalized spacial score (nSPS) is 11.7. The van der Waals surface area contributed by atoms with Crippen molar-refractivity contribution in [2.45, 2.75) is 31.6 Å². The Morgan fingerprint density at radius 2 is 1.94 bits per heavy atom. The Morgan fingerprint density at radius 3 is 2.61 bits per heavy atom. The van der Waals surface area contributed by atoms with Crippen LogP contribution in [0.3, 0.4) is 0 Å². The molecular weight excluding hydrogens is 502 g/mol. The quantitative estimate of drug-likeness (QED) is 0.409. The van der Waals surface area contributed by atoms with E-state index in [1.165, 1.54) is 11.8 Å². The van der Waals surface area contributed by atoms with Crippen LogP contribution in [0, 0.1) is 0 Å². The Bertz CT molecular complexity index is 1080. The first kappa shape index (κ1) is 23.3. The number of halogens is 2. The van der Waals surface area contributed by atoms with Gasteiger partial charge in [0.2, 0.25) is 5.91 Å². The van der Waals surface area contributed by atoms with Crippen molar-refractivity contribution in [3.05, 3.63) is 69.4 Å². The predicted molar refractivity (Wildman–Crippen MR) is 127 cm³/mol. The number of rotatable bonds is 8. The van der Waals surface area contributed by atoms with Crippen molar-refractivity contribution in [2.75, 3.05) is 11.1 Å². The average molecular weight is 523 g/mol. The summed E-state index contributed by atoms with van der Waals surface area (Å²) < 4.78 is 2.66. The van der Waals surface area contributed by atoms with E-state index in [2.05, 4.69) is 36.8 Å². The van der Waals surface area contributed by atoms with Gasteiger partial charge in [-0.1, -0.05) is 41.6 Å². The van der Waals surface area contributed by atoms with Gasteiger partial charge in [-0.2, -0.15) is 0 Å². The maximum atomic E-state index is 12.4. The second-order valence-corrected chi connectivity index (χ2v) is 8.82. The molecule has 2 amide bonds. The molecule has 2 N–H and O–H groups in total. The third kappa shape index (κ3) is 6.09. The highest BCUT2D eigenvalue weighted by Crippen LogP contribution is 2.26. The molecule has 0 aliphatic rings. The fraction of sp³-hybridized carbons (Fsp3) is 0.238. The van der Waals surface area contributed by atoms with Gasteiger partial charge in [0.25, 0.3) is 5.91 Å². The van der Waals surface area contributed by atoms with Gasteiger partial charge in [-0.05, 0) is 60.1 Å². The molecule has 0 aliphatic heterocycles. The van der Waals surface area contributed by atoms with E-state index >= 15 is 0 Å². The van der Waals surface area contributed by atoms with E-state index in [-0.39, 0.29) is 23.6 Å². The molecular formula is C21H21BrClN5O2S. The van der Waals surface area contributed by atoms with Crippen molar-refractivity contribution in [2.24, 2.45) is 0 Å². The first-order valence-electron chi connectivity index (χ1n) is 9.55. The van der Waals surface area contributed by atoms with Crippen molar-refractivity contribution in [3.8, 4) is 0 Å². The average Bonchev–Trinajstić information content (AvgIpc) is 3.18. The summed E-state index contributed by atoms with van der Waals surface area (Å²) in [6, 6.07) is 13.9. The van der Waals surface area contributed by atoms with Crippen molar-refractivity contribution >= 4 is 56.8 Å². The first-order valence-corrected chi connectivity index (χ1v) is 11.7. The molecule has 3 aromatic rings. The van der Waals surface area contributed by atoms with Gasteiger partial charge in [0.1, 0.15) is 0 Å². The fourth-order valence-corrected chi connectivity index (χ4v) is 4.10. The van der Waals surface area contributed by atoms with Crippen molar-refractivity contribution in [1.29, 1.82) is 0 Å². The van der Waals surface area contributed by atoms with Crippen LogP contribution < -0.4 is 10.6 Å². The maximum absolute atomic E-state index is 12.4. The lowest BCUT2D eigenvalue weighted by molar-refractivity contribution is -0.113. The minimum Gasteiger partial charge on any atom is -0.342 e. The molecule has 1 aromatic heterocycles. The Morgan fingerprint density at radius 1 is 1.19 bits per heavy atom. The summed E-state index contributed by atoms with van der Waals surface area (Å²) in [4.78, 5) is 24.8. The van der Waals surface area contributed by atoms with E-state index in [4.69, 9.17) is 11.6 Å². The van der Waals surface area contributed by atoms with Crippen LogP contribution in [0.15, 0.2) is 58.2 Å². The number of hydrogen-bond acceptors (Lipinski definition) is 5. The Balaban J connectivity index is 1.62. The van der Waals surface area contributed by atoms with Gasteiger partial charge in [-0.25, -0.2) is 0 Å². The largest absolute Gasteiger partial charge is 0.342 e. The molecule has 0 spiro atoms. The molecule has 2 aromatic carbocycles. The van der Waals surface area contributed by atoms with Gasteiger partial charge in [0.05, 0.1) is 16.8 Å². The minimum atomic E-state index is -0.340. The van der Waals surface area contributed by atoms with Crippen LogP contribution in [-0.4, -0.2) is 32.3 Å². The van der Waals surface area contributed by atoms with E-state index in [0.717, 1.165) is 4.47 Å². The van der Waals surface area contributed by atoms with Gasteiger partial charge in [-0.3, -0.25) is 9.59 Å². The number of thioether (sulfide) groups is 1. The summed E-state index contributed by atoms with van der Waals surface area (Å²) in [6.45, 7) is 4.43. The van der Waals surface area contributed by atoms with Crippen LogP contribution in [0.4, 0.5) is 5.69 Å². The van der Waals surface area contributed by atoms with Crippen LogP contribution in [0.1, 0.15) is 36.1 Å². The molecule has 10 heteroatoms. The van der Waals surface area contributed by atoms with Crippen LogP contribution in [0.2, 0.25) is 5.02 Å². The number of benzene rings is 2. The lowest BCUT2D eigenvalue weighted by Gasteiger charge is -2.15. The zero-order valence-corrected chi connectivity index (χ0v) is 20.1. The molecule has 0 saturated heterocycles. The van der Waals surface area contributed by atoms with Crippen LogP contribution in [0.5, 0.6) is 0 Å². The first-order chi connectivity index (χ1) is 14.9. The second kappa shape index (κ2) is 10.8. The van der Waals surface area contributed by atoms with Gasteiger partial charge in [-0.15, -0.1) is 10.2 Å². The highest BCUT2D eigenvalue weighted by atomic mass is 79.9. The molecule has 162 valence electrons. The fourth-order valence-electron chi connectivity index (χ4n) is 2.86. The van der Waals surface area contributed by atoms with Crippen LogP contribution in [0.25, 0.3) is 0 Å². The van der Waals surface area contributed by atoms with Gasteiger partial charge < -0.3 is 15.2 Å². The molecule has 3 rings (SSSR count). The molecule has 7 nitrogen and oxygen atoms in total. The monoisotopic (exact) mass is 521 g/mol. The summed E-state index contributed by atoms with van der Waals surface area (Å²) in [6.07, 6.45) is 0. The predicted octanol–water partition coefficient (Wildman–Crippen LogP) is 4.94. The van der Waals surface area contributed by atoms with Gasteiger partial charge in [0.15, 0.2) is 11.0 Å². The molecule has 0 bridgehead atoms. The molecule has 0 aliphatic carbocycles. The number of amides is 2. The molecule has 0 fully saturated rings. The van der Waals surface area contributed by atoms with Gasteiger partial charge >= 0.3 is 0 Å². The topological polar surface area (TPSA) is 88.9 Å². The minimum absolute atomic E-state index is 0.163. The highest BCUT2D eigenvalue weighted by molar-refractivity contribution is 9.10. The van der Waals surface area contributed by atoms with E-state index in [9.17, 15) is 9.59 Å². The number of carbonyl (C=O) groups excluding carboxylic acids is 2. The standard InChI is InChI=1S/C21H21BrClN5O2S/c1-3-28-19(13(2)24-20(30)14-7-5-4-6-8-14)26-27-21(28)31-12-18(29)25-15-9-10-16(22)17(23)11-15/h4-11,13H,3,12H2,1-2H3,(H,24,30)(H,25,29)/t13-/m0/s1. The van der Waals surface area contributed by atoms with Crippen LogP contribution >= 0.6 is 39.3 Å². The molecule has 0 radical (unpaired) electrons. The third-order valence-corrected chi connectivity index (χ3v) is 6.57. The zero-order chi connectivity index (χ0) is 22.4. The van der Waals surface area contributed by atoms with Crippen molar-refractivity contribution < 1.29 is 9.59 Å². The van der Waals surface area contributed by atoms with Gasteiger partial charge in [0, 0.05) is 22.3 Å². The molecule has 1 heterocycles. The Labute approximate surface area is 198 Å². The summed E-state index contributed by atoms with van der Waals surface area (Å²) >= 11 is 10.7. The second-order valence-electron chi connectivity index (χ2n) is 6.61. The van der Waals surface area contributed by atoms with E-state index in [1.807, 2.05) is 36.6 Å². The summed E-state index contributed by atoms with van der Waals surface area (Å²) in [7, 11) is 0. The van der Waals surface area contributed by atoms with E-state index < -0.39 is 0 Å². The molecule has 0 unspecified atom stereocenters. The van der Waals surface area contributed by atoms with E-state index in [1.54, 1.807) is 30.3 Å². The summed E-state index contributed by atoms with van der Waals surface area (Å²) in [5, 5.41) is 15.3. The number of nitrogens with one attached hydrogen (secondary N) is 2. The third-order valence-electron chi connectivity index (χ3n) is 4.37. The number of carbonyl (C=O) groups is 2. The number of hydrogen-bond donors (Lipinski definition) is 2. The summed E-state index contributed by atoms with van der Waals surface area (Å²) in [5.74, 6) is 0.437. The lowest BCUT2D eigenvalue weighted by Crippen LogP contribution is -2.28. The maximum Gasteiger partial charge on any atom is 0.251 e. The highest BCUT2D eigenvalue weighted by Gasteiger charge is 2.20. The number of nitrogens with zero attached hydrogens (tertiary/aromatic N) is 3. The molecule has 1 atom stereocenters. The molecule has 31 heavy (non-hydrogen) atoms. The van der Waals surface area contributed by atoms with Crippen molar-refractivity contribution in [1.82, 2.24) is 20.1 Å².